The smallest absolute Gasteiger partial charge is 0.272 e. The third-order valence-electron chi connectivity index (χ3n) is 2.59. The van der Waals surface area contributed by atoms with Gasteiger partial charge in [-0.05, 0) is 31.4 Å². The van der Waals surface area contributed by atoms with Crippen molar-refractivity contribution < 1.29 is 4.79 Å². The summed E-state index contributed by atoms with van der Waals surface area (Å²) in [6, 6.07) is 3.75. The maximum absolute atomic E-state index is 11.6. The molecule has 0 spiro atoms. The summed E-state index contributed by atoms with van der Waals surface area (Å²) in [5.41, 5.74) is 0.376. The zero-order chi connectivity index (χ0) is 10.7. The summed E-state index contributed by atoms with van der Waals surface area (Å²) < 4.78 is 0. The first-order chi connectivity index (χ1) is 7.29. The van der Waals surface area contributed by atoms with Crippen LogP contribution in [0.4, 0.5) is 5.82 Å². The van der Waals surface area contributed by atoms with Crippen LogP contribution in [0.25, 0.3) is 0 Å². The number of hydrogen-bond donors (Lipinski definition) is 2. The second kappa shape index (κ2) is 4.25. The lowest BCUT2D eigenvalue weighted by molar-refractivity contribution is 0.0911. The van der Waals surface area contributed by atoms with Crippen molar-refractivity contribution in [1.82, 2.24) is 15.5 Å². The van der Waals surface area contributed by atoms with E-state index in [-0.39, 0.29) is 5.91 Å². The quantitative estimate of drug-likeness (QED) is 0.767. The Labute approximate surface area is 88.3 Å². The van der Waals surface area contributed by atoms with Crippen molar-refractivity contribution in [2.75, 3.05) is 12.4 Å². The van der Waals surface area contributed by atoms with E-state index in [1.165, 1.54) is 6.42 Å². The molecule has 0 bridgehead atoms. The number of hydrogen-bond acceptors (Lipinski definition) is 4. The van der Waals surface area contributed by atoms with Crippen LogP contribution in [0.2, 0.25) is 0 Å². The lowest BCUT2D eigenvalue weighted by atomic mass is 9.93. The highest BCUT2D eigenvalue weighted by Gasteiger charge is 2.20. The second-order valence-electron chi connectivity index (χ2n) is 3.66. The van der Waals surface area contributed by atoms with E-state index in [1.54, 1.807) is 19.2 Å². The van der Waals surface area contributed by atoms with Gasteiger partial charge in [0.05, 0.1) is 0 Å². The van der Waals surface area contributed by atoms with E-state index in [9.17, 15) is 4.79 Å². The van der Waals surface area contributed by atoms with Gasteiger partial charge < -0.3 is 10.6 Å². The Balaban J connectivity index is 1.98. The van der Waals surface area contributed by atoms with Crippen molar-refractivity contribution in [3.8, 4) is 0 Å². The molecule has 1 fully saturated rings. The molecule has 0 aromatic carbocycles. The van der Waals surface area contributed by atoms with Crippen LogP contribution in [0, 0.1) is 0 Å². The van der Waals surface area contributed by atoms with Crippen LogP contribution < -0.4 is 10.6 Å². The molecule has 2 N–H and O–H groups in total. The first kappa shape index (κ1) is 9.89. The van der Waals surface area contributed by atoms with Gasteiger partial charge in [0.2, 0.25) is 0 Å². The summed E-state index contributed by atoms with van der Waals surface area (Å²) in [6.45, 7) is 0. The largest absolute Gasteiger partial charge is 0.372 e. The maximum Gasteiger partial charge on any atom is 0.272 e. The van der Waals surface area contributed by atoms with Gasteiger partial charge in [-0.3, -0.25) is 4.79 Å². The first-order valence-corrected chi connectivity index (χ1v) is 5.12. The summed E-state index contributed by atoms with van der Waals surface area (Å²) in [5.74, 6) is 0.532. The Morgan fingerprint density at radius 2 is 2.20 bits per heavy atom. The van der Waals surface area contributed by atoms with Gasteiger partial charge in [0.15, 0.2) is 5.69 Å². The van der Waals surface area contributed by atoms with E-state index in [1.807, 2.05) is 0 Å². The standard InChI is InChI=1S/C10H14N4O/c1-11-9-6-5-8(13-14-9)10(15)12-7-3-2-4-7/h5-7H,2-4H2,1H3,(H,11,14)(H,12,15). The van der Waals surface area contributed by atoms with E-state index >= 15 is 0 Å². The fourth-order valence-electron chi connectivity index (χ4n) is 1.40. The highest BCUT2D eigenvalue weighted by molar-refractivity contribution is 5.92. The van der Waals surface area contributed by atoms with E-state index in [2.05, 4.69) is 20.8 Å². The summed E-state index contributed by atoms with van der Waals surface area (Å²) in [4.78, 5) is 11.6. The number of aromatic nitrogens is 2. The van der Waals surface area contributed by atoms with Crippen LogP contribution in [-0.2, 0) is 0 Å². The number of amides is 1. The molecule has 1 saturated carbocycles. The Hall–Kier alpha value is -1.65. The molecule has 0 radical (unpaired) electrons. The third-order valence-corrected chi connectivity index (χ3v) is 2.59. The second-order valence-corrected chi connectivity index (χ2v) is 3.66. The van der Waals surface area contributed by atoms with Crippen molar-refractivity contribution in [3.63, 3.8) is 0 Å². The predicted molar refractivity (Wildman–Crippen MR) is 56.7 cm³/mol. The van der Waals surface area contributed by atoms with Crippen molar-refractivity contribution in [2.45, 2.75) is 25.3 Å². The highest BCUT2D eigenvalue weighted by atomic mass is 16.2. The molecule has 0 aliphatic heterocycles. The van der Waals surface area contributed by atoms with Crippen molar-refractivity contribution >= 4 is 11.7 Å². The summed E-state index contributed by atoms with van der Waals surface area (Å²) >= 11 is 0. The molecule has 80 valence electrons. The molecule has 1 heterocycles. The number of anilines is 1. The lowest BCUT2D eigenvalue weighted by Gasteiger charge is -2.25. The zero-order valence-corrected chi connectivity index (χ0v) is 8.66. The summed E-state index contributed by atoms with van der Waals surface area (Å²) in [7, 11) is 1.76. The Bertz CT molecular complexity index is 345. The maximum atomic E-state index is 11.6. The van der Waals surface area contributed by atoms with E-state index in [0.717, 1.165) is 12.8 Å². The Kier molecular flexibility index (Phi) is 2.80. The Morgan fingerprint density at radius 1 is 1.40 bits per heavy atom. The number of nitrogens with one attached hydrogen (secondary N) is 2. The third kappa shape index (κ3) is 2.23. The van der Waals surface area contributed by atoms with Gasteiger partial charge in [0.1, 0.15) is 5.82 Å². The van der Waals surface area contributed by atoms with Gasteiger partial charge >= 0.3 is 0 Å². The molecule has 5 heteroatoms. The van der Waals surface area contributed by atoms with Crippen molar-refractivity contribution in [3.05, 3.63) is 17.8 Å². The van der Waals surface area contributed by atoms with E-state index in [4.69, 9.17) is 0 Å². The van der Waals surface area contributed by atoms with Crippen molar-refractivity contribution in [1.29, 1.82) is 0 Å². The average molecular weight is 206 g/mol. The molecule has 5 nitrogen and oxygen atoms in total. The van der Waals surface area contributed by atoms with Gasteiger partial charge in [0, 0.05) is 13.1 Å². The van der Waals surface area contributed by atoms with Crippen molar-refractivity contribution in [2.24, 2.45) is 0 Å². The van der Waals surface area contributed by atoms with Gasteiger partial charge in [0.25, 0.3) is 5.91 Å². The number of carbonyl (C=O) groups excluding carboxylic acids is 1. The molecule has 0 unspecified atom stereocenters. The summed E-state index contributed by atoms with van der Waals surface area (Å²) in [5, 5.41) is 13.4. The average Bonchev–Trinajstić information content (AvgIpc) is 2.23. The van der Waals surface area contributed by atoms with Crippen LogP contribution in [0.5, 0.6) is 0 Å². The topological polar surface area (TPSA) is 66.9 Å². The van der Waals surface area contributed by atoms with E-state index < -0.39 is 0 Å². The normalized spacial score (nSPS) is 15.5. The Morgan fingerprint density at radius 3 is 2.67 bits per heavy atom. The molecular weight excluding hydrogens is 192 g/mol. The molecule has 1 aliphatic carbocycles. The molecule has 15 heavy (non-hydrogen) atoms. The highest BCUT2D eigenvalue weighted by Crippen LogP contribution is 2.18. The summed E-state index contributed by atoms with van der Waals surface area (Å²) in [6.07, 6.45) is 3.36. The molecule has 1 aromatic rings. The minimum atomic E-state index is -0.130. The first-order valence-electron chi connectivity index (χ1n) is 5.12. The lowest BCUT2D eigenvalue weighted by Crippen LogP contribution is -2.39. The van der Waals surface area contributed by atoms with E-state index in [0.29, 0.717) is 17.6 Å². The number of carbonyl (C=O) groups is 1. The van der Waals surface area contributed by atoms with Crippen LogP contribution in [0.1, 0.15) is 29.8 Å². The SMILES string of the molecule is CNc1ccc(C(=O)NC2CCC2)nn1. The molecule has 0 atom stereocenters. The molecule has 2 rings (SSSR count). The van der Waals surface area contributed by atoms with Crippen LogP contribution in [0.15, 0.2) is 12.1 Å². The molecular formula is C10H14N4O. The van der Waals surface area contributed by atoms with Crippen LogP contribution in [0.3, 0.4) is 0 Å². The zero-order valence-electron chi connectivity index (χ0n) is 8.66. The monoisotopic (exact) mass is 206 g/mol. The molecule has 1 aliphatic rings. The fourth-order valence-corrected chi connectivity index (χ4v) is 1.40. The molecule has 0 saturated heterocycles. The van der Waals surface area contributed by atoms with Gasteiger partial charge in [-0.15, -0.1) is 10.2 Å². The van der Waals surface area contributed by atoms with Gasteiger partial charge in [-0.2, -0.15) is 0 Å². The fraction of sp³-hybridized carbons (Fsp3) is 0.500. The van der Waals surface area contributed by atoms with Crippen LogP contribution >= 0.6 is 0 Å². The van der Waals surface area contributed by atoms with Gasteiger partial charge in [-0.1, -0.05) is 0 Å². The molecule has 1 amide bonds. The van der Waals surface area contributed by atoms with Crippen LogP contribution in [-0.4, -0.2) is 29.2 Å². The molecule has 1 aromatic heterocycles. The van der Waals surface area contributed by atoms with Gasteiger partial charge in [-0.25, -0.2) is 0 Å². The minimum absolute atomic E-state index is 0.130. The number of rotatable bonds is 3. The number of nitrogens with zero attached hydrogens (tertiary/aromatic N) is 2. The predicted octanol–water partition coefficient (Wildman–Crippen LogP) is 0.801. The minimum Gasteiger partial charge on any atom is -0.372 e.